The Kier molecular flexibility index (Phi) is 4.22. The average Bonchev–Trinajstić information content (AvgIpc) is 2.84. The summed E-state index contributed by atoms with van der Waals surface area (Å²) in [6.07, 6.45) is 0.881. The molecular weight excluding hydrogens is 266 g/mol. The number of rotatable bonds is 5. The Bertz CT molecular complexity index is 415. The molecule has 0 unspecified atom stereocenters. The zero-order valence-corrected chi connectivity index (χ0v) is 11.0. The van der Waals surface area contributed by atoms with Gasteiger partial charge in [-0.1, -0.05) is 16.1 Å². The second kappa shape index (κ2) is 5.67. The van der Waals surface area contributed by atoms with Crippen LogP contribution in [0.4, 0.5) is 0 Å². The van der Waals surface area contributed by atoms with Crippen LogP contribution in [0.25, 0.3) is 0 Å². The first-order valence-corrected chi connectivity index (χ1v) is 6.74. The number of aryl methyl sites for hydroxylation is 1. The molecule has 7 heteroatoms. The second-order valence-electron chi connectivity index (χ2n) is 3.16. The highest BCUT2D eigenvalue weighted by Crippen LogP contribution is 2.18. The number of hydrogen-bond donors (Lipinski definition) is 0. The van der Waals surface area contributed by atoms with E-state index >= 15 is 0 Å². The molecule has 0 aliphatic carbocycles. The summed E-state index contributed by atoms with van der Waals surface area (Å²) in [5.74, 6) is 0. The van der Waals surface area contributed by atoms with Gasteiger partial charge in [0.05, 0.1) is 24.4 Å². The molecule has 0 radical (unpaired) electrons. The third-order valence-electron chi connectivity index (χ3n) is 2.07. The van der Waals surface area contributed by atoms with E-state index in [1.807, 2.05) is 12.4 Å². The van der Waals surface area contributed by atoms with Crippen molar-refractivity contribution in [2.45, 2.75) is 20.0 Å². The first-order chi connectivity index (χ1) is 7.77. The largest absolute Gasteiger partial charge is 0.375 e. The van der Waals surface area contributed by atoms with Crippen molar-refractivity contribution in [1.29, 1.82) is 0 Å². The van der Waals surface area contributed by atoms with Gasteiger partial charge in [-0.25, -0.2) is 4.98 Å². The fraction of sp³-hybridized carbons (Fsp3) is 0.444. The molecule has 0 fully saturated rings. The number of nitrogens with zero attached hydrogens (tertiary/aromatic N) is 3. The minimum absolute atomic E-state index is 0.424. The smallest absolute Gasteiger partial charge is 0.139 e. The zero-order valence-electron chi connectivity index (χ0n) is 8.64. The highest BCUT2D eigenvalue weighted by molar-refractivity contribution is 7.10. The number of thiazole rings is 1. The Labute approximate surface area is 106 Å². The summed E-state index contributed by atoms with van der Waals surface area (Å²) in [6, 6.07) is 0. The molecule has 16 heavy (non-hydrogen) atoms. The minimum atomic E-state index is 0.424. The highest BCUT2D eigenvalue weighted by atomic mass is 35.5. The van der Waals surface area contributed by atoms with E-state index in [1.165, 1.54) is 16.4 Å². The van der Waals surface area contributed by atoms with E-state index in [-0.39, 0.29) is 0 Å². The second-order valence-corrected chi connectivity index (χ2v) is 5.45. The average molecular weight is 276 g/mol. The third kappa shape index (κ3) is 2.98. The van der Waals surface area contributed by atoms with Crippen LogP contribution in [0.15, 0.2) is 5.51 Å². The lowest BCUT2D eigenvalue weighted by atomic mass is 10.3. The standard InChI is InChI=1S/C9H10ClN3OS2/c1-6-8(15-5-11-6)2-3-14-4-7-9(10)16-13-12-7/h5H,2-4H2,1H3. The molecule has 0 spiro atoms. The molecule has 0 aromatic carbocycles. The van der Waals surface area contributed by atoms with E-state index in [9.17, 15) is 0 Å². The van der Waals surface area contributed by atoms with Crippen molar-refractivity contribution >= 4 is 34.5 Å². The Hall–Kier alpha value is -0.560. The van der Waals surface area contributed by atoms with Gasteiger partial charge in [-0.15, -0.1) is 16.4 Å². The van der Waals surface area contributed by atoms with Crippen LogP contribution < -0.4 is 0 Å². The molecule has 2 aromatic heterocycles. The summed E-state index contributed by atoms with van der Waals surface area (Å²) in [6.45, 7) is 3.08. The molecule has 0 saturated heterocycles. The van der Waals surface area contributed by atoms with Gasteiger partial charge in [-0.05, 0) is 6.92 Å². The van der Waals surface area contributed by atoms with Gasteiger partial charge >= 0.3 is 0 Å². The molecule has 2 aromatic rings. The van der Waals surface area contributed by atoms with Gasteiger partial charge in [0.25, 0.3) is 0 Å². The molecular formula is C9H10ClN3OS2. The molecule has 4 nitrogen and oxygen atoms in total. The van der Waals surface area contributed by atoms with E-state index < -0.39 is 0 Å². The summed E-state index contributed by atoms with van der Waals surface area (Å²) in [7, 11) is 0. The Morgan fingerprint density at radius 2 is 2.38 bits per heavy atom. The first-order valence-electron chi connectivity index (χ1n) is 4.71. The Morgan fingerprint density at radius 3 is 3.00 bits per heavy atom. The molecule has 0 amide bonds. The molecule has 0 atom stereocenters. The van der Waals surface area contributed by atoms with E-state index in [0.29, 0.717) is 23.2 Å². The fourth-order valence-corrected chi connectivity index (χ4v) is 2.55. The van der Waals surface area contributed by atoms with Gasteiger partial charge < -0.3 is 4.74 Å². The molecule has 0 aliphatic heterocycles. The van der Waals surface area contributed by atoms with Crippen molar-refractivity contribution < 1.29 is 4.74 Å². The third-order valence-corrected chi connectivity index (χ3v) is 4.05. The van der Waals surface area contributed by atoms with Crippen LogP contribution in [0.1, 0.15) is 16.3 Å². The van der Waals surface area contributed by atoms with Crippen LogP contribution in [-0.4, -0.2) is 21.2 Å². The summed E-state index contributed by atoms with van der Waals surface area (Å²) in [5, 5.41) is 3.87. The SMILES string of the molecule is Cc1ncsc1CCOCc1nnsc1Cl. The van der Waals surface area contributed by atoms with Crippen LogP contribution in [0, 0.1) is 6.92 Å². The van der Waals surface area contributed by atoms with Crippen LogP contribution >= 0.6 is 34.5 Å². The van der Waals surface area contributed by atoms with Crippen molar-refractivity contribution in [2.24, 2.45) is 0 Å². The van der Waals surface area contributed by atoms with Crippen LogP contribution in [0.3, 0.4) is 0 Å². The van der Waals surface area contributed by atoms with Crippen LogP contribution in [0.2, 0.25) is 4.34 Å². The molecule has 2 rings (SSSR count). The molecule has 2 heterocycles. The maximum absolute atomic E-state index is 5.85. The molecule has 0 aliphatic rings. The van der Waals surface area contributed by atoms with E-state index in [0.717, 1.165) is 12.1 Å². The van der Waals surface area contributed by atoms with Crippen LogP contribution in [0.5, 0.6) is 0 Å². The van der Waals surface area contributed by atoms with Crippen molar-refractivity contribution in [3.8, 4) is 0 Å². The summed E-state index contributed by atoms with van der Waals surface area (Å²) in [5.41, 5.74) is 3.65. The lowest BCUT2D eigenvalue weighted by Gasteiger charge is -2.01. The normalized spacial score (nSPS) is 10.9. The number of ether oxygens (including phenoxy) is 1. The van der Waals surface area contributed by atoms with Gasteiger partial charge in [-0.3, -0.25) is 0 Å². The number of halogens is 1. The van der Waals surface area contributed by atoms with Gasteiger partial charge in [0.15, 0.2) is 0 Å². The maximum atomic E-state index is 5.85. The van der Waals surface area contributed by atoms with Crippen LogP contribution in [-0.2, 0) is 17.8 Å². The van der Waals surface area contributed by atoms with Crippen molar-refractivity contribution in [3.05, 3.63) is 26.1 Å². The fourth-order valence-electron chi connectivity index (χ4n) is 1.18. The Morgan fingerprint density at radius 1 is 1.50 bits per heavy atom. The van der Waals surface area contributed by atoms with E-state index in [4.69, 9.17) is 16.3 Å². The molecule has 0 bridgehead atoms. The van der Waals surface area contributed by atoms with E-state index in [1.54, 1.807) is 11.3 Å². The highest BCUT2D eigenvalue weighted by Gasteiger charge is 2.05. The summed E-state index contributed by atoms with van der Waals surface area (Å²) < 4.78 is 9.83. The topological polar surface area (TPSA) is 47.9 Å². The van der Waals surface area contributed by atoms with Gasteiger partial charge in [0, 0.05) is 22.8 Å². The predicted octanol–water partition coefficient (Wildman–Crippen LogP) is 2.72. The lowest BCUT2D eigenvalue weighted by molar-refractivity contribution is 0.121. The van der Waals surface area contributed by atoms with Crippen molar-refractivity contribution in [1.82, 2.24) is 14.6 Å². The molecule has 0 N–H and O–H groups in total. The van der Waals surface area contributed by atoms with E-state index in [2.05, 4.69) is 14.6 Å². The summed E-state index contributed by atoms with van der Waals surface area (Å²) >= 11 is 8.69. The molecule has 0 saturated carbocycles. The first kappa shape index (κ1) is 11.9. The van der Waals surface area contributed by atoms with Gasteiger partial charge in [0.2, 0.25) is 0 Å². The van der Waals surface area contributed by atoms with Crippen molar-refractivity contribution in [2.75, 3.05) is 6.61 Å². The van der Waals surface area contributed by atoms with Gasteiger partial charge in [0.1, 0.15) is 10.0 Å². The predicted molar refractivity (Wildman–Crippen MR) is 65.1 cm³/mol. The number of aromatic nitrogens is 3. The summed E-state index contributed by atoms with van der Waals surface area (Å²) in [4.78, 5) is 5.45. The monoisotopic (exact) mass is 275 g/mol. The molecule has 86 valence electrons. The number of hydrogen-bond acceptors (Lipinski definition) is 6. The Balaban J connectivity index is 1.74. The minimum Gasteiger partial charge on any atom is -0.375 e. The zero-order chi connectivity index (χ0) is 11.4. The quantitative estimate of drug-likeness (QED) is 0.787. The maximum Gasteiger partial charge on any atom is 0.139 e. The lowest BCUT2D eigenvalue weighted by Crippen LogP contribution is -1.99. The van der Waals surface area contributed by atoms with Crippen molar-refractivity contribution in [3.63, 3.8) is 0 Å². The van der Waals surface area contributed by atoms with Gasteiger partial charge in [-0.2, -0.15) is 0 Å².